The van der Waals surface area contributed by atoms with E-state index in [-0.39, 0.29) is 29.0 Å². The molecule has 0 amide bonds. The predicted molar refractivity (Wildman–Crippen MR) is 168 cm³/mol. The molecular formula is C36H42ClNO4. The van der Waals surface area contributed by atoms with Crippen molar-refractivity contribution in [2.75, 3.05) is 19.8 Å². The van der Waals surface area contributed by atoms with Crippen LogP contribution in [0, 0.1) is 10.8 Å². The van der Waals surface area contributed by atoms with Crippen LogP contribution in [0.15, 0.2) is 77.7 Å². The van der Waals surface area contributed by atoms with E-state index >= 15 is 0 Å². The van der Waals surface area contributed by atoms with Gasteiger partial charge in [-0.05, 0) is 60.3 Å². The maximum atomic E-state index is 14.1. The second-order valence-electron chi connectivity index (χ2n) is 13.3. The summed E-state index contributed by atoms with van der Waals surface area (Å²) in [6.07, 6.45) is 4.87. The quantitative estimate of drug-likeness (QED) is 0.277. The number of Topliss-reactive ketones (excluding diaryl/α,β-unsaturated/α-hetero) is 2. The Balaban J connectivity index is 1.72. The highest BCUT2D eigenvalue weighted by Gasteiger charge is 2.49. The van der Waals surface area contributed by atoms with Crippen LogP contribution in [0.4, 0.5) is 0 Å². The summed E-state index contributed by atoms with van der Waals surface area (Å²) in [5.74, 6) is 0.644. The molecule has 6 heteroatoms. The Labute approximate surface area is 255 Å². The van der Waals surface area contributed by atoms with Gasteiger partial charge in [-0.1, -0.05) is 82.3 Å². The lowest BCUT2D eigenvalue weighted by atomic mass is 9.63. The molecule has 2 aromatic rings. The van der Waals surface area contributed by atoms with Crippen LogP contribution in [-0.2, 0) is 16.0 Å². The highest BCUT2D eigenvalue weighted by atomic mass is 35.5. The average molecular weight is 588 g/mol. The predicted octanol–water partition coefficient (Wildman–Crippen LogP) is 8.23. The summed E-state index contributed by atoms with van der Waals surface area (Å²) in [5, 5.41) is 0.390. The SMILES string of the molecule is C=CCOc1c(Cl)cc(C2C3=C(CC(C)(C)CC3=O)N(CCc3ccccc3)C3=C2C(=O)CC(C)(C)C3)cc1OCC. The van der Waals surface area contributed by atoms with Crippen molar-refractivity contribution in [2.24, 2.45) is 10.8 Å². The van der Waals surface area contributed by atoms with Crippen molar-refractivity contribution in [2.45, 2.75) is 72.6 Å². The van der Waals surface area contributed by atoms with Gasteiger partial charge in [0.05, 0.1) is 11.6 Å². The lowest BCUT2D eigenvalue weighted by molar-refractivity contribution is -0.119. The highest BCUT2D eigenvalue weighted by Crippen LogP contribution is 2.55. The lowest BCUT2D eigenvalue weighted by Gasteiger charge is -2.49. The van der Waals surface area contributed by atoms with E-state index in [1.807, 2.05) is 25.1 Å². The largest absolute Gasteiger partial charge is 0.490 e. The van der Waals surface area contributed by atoms with Crippen LogP contribution in [-0.4, -0.2) is 36.2 Å². The van der Waals surface area contributed by atoms with Gasteiger partial charge in [0.15, 0.2) is 23.1 Å². The summed E-state index contributed by atoms with van der Waals surface area (Å²) in [6, 6.07) is 14.2. The molecule has 222 valence electrons. The molecule has 0 spiro atoms. The lowest BCUT2D eigenvalue weighted by Crippen LogP contribution is -2.45. The number of hydrogen-bond acceptors (Lipinski definition) is 5. The molecule has 0 unspecified atom stereocenters. The fourth-order valence-corrected chi connectivity index (χ4v) is 7.11. The van der Waals surface area contributed by atoms with E-state index in [0.29, 0.717) is 42.5 Å². The second kappa shape index (κ2) is 11.8. The zero-order valence-electron chi connectivity index (χ0n) is 25.5. The van der Waals surface area contributed by atoms with Gasteiger partial charge in [-0.25, -0.2) is 0 Å². The molecule has 1 aliphatic heterocycles. The molecule has 0 fully saturated rings. The number of hydrogen-bond donors (Lipinski definition) is 0. The summed E-state index contributed by atoms with van der Waals surface area (Å²) < 4.78 is 11.9. The first kappa shape index (κ1) is 30.2. The first-order valence-corrected chi connectivity index (χ1v) is 15.4. The number of carbonyl (C=O) groups excluding carboxylic acids is 2. The van der Waals surface area contributed by atoms with E-state index in [1.54, 1.807) is 6.08 Å². The van der Waals surface area contributed by atoms with Crippen molar-refractivity contribution < 1.29 is 19.1 Å². The van der Waals surface area contributed by atoms with Crippen LogP contribution >= 0.6 is 11.6 Å². The second-order valence-corrected chi connectivity index (χ2v) is 13.7. The van der Waals surface area contributed by atoms with Gasteiger partial charge in [0.25, 0.3) is 0 Å². The standard InChI is InChI=1S/C36H42ClNO4/c1-7-16-42-34-25(37)17-24(18-30(34)41-8-2)31-32-26(19-35(3,4)21-28(32)39)38(15-14-23-12-10-9-11-13-23)27-20-36(5,6)22-29(40)33(27)31/h7,9-13,17-18,31H,1,8,14-16,19-22H2,2-6H3. The number of carbonyl (C=O) groups is 2. The minimum Gasteiger partial charge on any atom is -0.490 e. The van der Waals surface area contributed by atoms with Gasteiger partial charge in [0.1, 0.15) is 6.61 Å². The molecule has 0 bridgehead atoms. The van der Waals surface area contributed by atoms with Crippen molar-refractivity contribution in [3.63, 3.8) is 0 Å². The third kappa shape index (κ3) is 5.94. The normalized spacial score (nSPS) is 19.9. The molecule has 5 nitrogen and oxygen atoms in total. The molecule has 0 N–H and O–H groups in total. The molecule has 0 radical (unpaired) electrons. The van der Waals surface area contributed by atoms with Gasteiger partial charge in [0, 0.05) is 47.8 Å². The van der Waals surface area contributed by atoms with Gasteiger partial charge in [0.2, 0.25) is 0 Å². The summed E-state index contributed by atoms with van der Waals surface area (Å²) >= 11 is 6.83. The van der Waals surface area contributed by atoms with Crippen LogP contribution < -0.4 is 9.47 Å². The zero-order chi connectivity index (χ0) is 30.2. The topological polar surface area (TPSA) is 55.8 Å². The molecule has 3 aliphatic rings. The fraction of sp³-hybridized carbons (Fsp3) is 0.444. The first-order chi connectivity index (χ1) is 19.9. The van der Waals surface area contributed by atoms with Gasteiger partial charge in [-0.3, -0.25) is 9.59 Å². The maximum absolute atomic E-state index is 14.1. The van der Waals surface area contributed by atoms with Crippen molar-refractivity contribution in [3.8, 4) is 11.5 Å². The van der Waals surface area contributed by atoms with Crippen LogP contribution in [0.1, 0.15) is 77.3 Å². The van der Waals surface area contributed by atoms with Gasteiger partial charge < -0.3 is 14.4 Å². The van der Waals surface area contributed by atoms with Crippen LogP contribution in [0.25, 0.3) is 0 Å². The molecule has 0 saturated carbocycles. The number of benzene rings is 2. The summed E-state index contributed by atoms with van der Waals surface area (Å²) in [7, 11) is 0. The van der Waals surface area contributed by atoms with Crippen molar-refractivity contribution in [1.29, 1.82) is 0 Å². The van der Waals surface area contributed by atoms with E-state index in [2.05, 4.69) is 63.4 Å². The van der Waals surface area contributed by atoms with E-state index in [1.165, 1.54) is 5.56 Å². The van der Waals surface area contributed by atoms with Crippen LogP contribution in [0.3, 0.4) is 0 Å². The zero-order valence-corrected chi connectivity index (χ0v) is 26.3. The monoisotopic (exact) mass is 587 g/mol. The Morgan fingerprint density at radius 2 is 1.52 bits per heavy atom. The Bertz CT molecular complexity index is 1410. The molecular weight excluding hydrogens is 546 g/mol. The Morgan fingerprint density at radius 3 is 2.07 bits per heavy atom. The molecule has 2 aromatic carbocycles. The Morgan fingerprint density at radius 1 is 0.929 bits per heavy atom. The van der Waals surface area contributed by atoms with Gasteiger partial charge in [-0.15, -0.1) is 0 Å². The van der Waals surface area contributed by atoms with Crippen LogP contribution in [0.5, 0.6) is 11.5 Å². The smallest absolute Gasteiger partial charge is 0.180 e. The molecule has 1 heterocycles. The Kier molecular flexibility index (Phi) is 8.44. The number of ketones is 2. The van der Waals surface area contributed by atoms with Crippen LogP contribution in [0.2, 0.25) is 5.02 Å². The molecule has 0 atom stereocenters. The Hall–Kier alpha value is -3.31. The van der Waals surface area contributed by atoms with E-state index in [4.69, 9.17) is 21.1 Å². The summed E-state index contributed by atoms with van der Waals surface area (Å²) in [4.78, 5) is 30.6. The summed E-state index contributed by atoms with van der Waals surface area (Å²) in [5.41, 5.74) is 5.20. The van der Waals surface area contributed by atoms with Crippen molar-refractivity contribution in [3.05, 3.63) is 93.8 Å². The molecule has 5 rings (SSSR count). The van der Waals surface area contributed by atoms with E-state index in [0.717, 1.165) is 47.4 Å². The number of allylic oxidation sites excluding steroid dienone is 4. The van der Waals surface area contributed by atoms with Crippen molar-refractivity contribution >= 4 is 23.2 Å². The first-order valence-electron chi connectivity index (χ1n) is 15.0. The number of rotatable bonds is 9. The minimum atomic E-state index is -0.500. The summed E-state index contributed by atoms with van der Waals surface area (Å²) in [6.45, 7) is 15.7. The third-order valence-electron chi connectivity index (χ3n) is 8.50. The number of halogens is 1. The minimum absolute atomic E-state index is 0.0983. The average Bonchev–Trinajstić information content (AvgIpc) is 2.90. The van der Waals surface area contributed by atoms with Crippen molar-refractivity contribution in [1.82, 2.24) is 4.90 Å². The third-order valence-corrected chi connectivity index (χ3v) is 8.78. The maximum Gasteiger partial charge on any atom is 0.180 e. The molecule has 0 aromatic heterocycles. The highest BCUT2D eigenvalue weighted by molar-refractivity contribution is 6.32. The molecule has 42 heavy (non-hydrogen) atoms. The van der Waals surface area contributed by atoms with E-state index < -0.39 is 5.92 Å². The number of nitrogens with zero attached hydrogens (tertiary/aromatic N) is 1. The molecule has 2 aliphatic carbocycles. The fourth-order valence-electron chi connectivity index (χ4n) is 6.84. The number of ether oxygens (including phenoxy) is 2. The van der Waals surface area contributed by atoms with Gasteiger partial charge in [-0.2, -0.15) is 0 Å². The van der Waals surface area contributed by atoms with E-state index in [9.17, 15) is 9.59 Å². The molecule has 0 saturated heterocycles. The van der Waals surface area contributed by atoms with Gasteiger partial charge >= 0.3 is 0 Å².